The van der Waals surface area contributed by atoms with Crippen LogP contribution in [-0.2, 0) is 12.0 Å². The van der Waals surface area contributed by atoms with E-state index in [1.165, 1.54) is 6.92 Å². The average molecular weight is 331 g/mol. The molecule has 0 saturated carbocycles. The zero-order valence-electron chi connectivity index (χ0n) is 9.07. The number of alkyl halides is 3. The van der Waals surface area contributed by atoms with Gasteiger partial charge < -0.3 is 0 Å². The van der Waals surface area contributed by atoms with Gasteiger partial charge in [-0.15, -0.1) is 12.4 Å². The minimum absolute atomic E-state index is 0. The third kappa shape index (κ3) is 2.46. The molecule has 0 aliphatic carbocycles. The van der Waals surface area contributed by atoms with Crippen molar-refractivity contribution in [3.05, 3.63) is 33.8 Å². The summed E-state index contributed by atoms with van der Waals surface area (Å²) < 4.78 is 39.8. The Morgan fingerprint density at radius 1 is 1.35 bits per heavy atom. The van der Waals surface area contributed by atoms with Crippen molar-refractivity contribution in [2.75, 3.05) is 6.54 Å². The van der Waals surface area contributed by atoms with Gasteiger partial charge in [0.05, 0.1) is 0 Å². The van der Waals surface area contributed by atoms with Gasteiger partial charge in [0.15, 0.2) is 0 Å². The Labute approximate surface area is 112 Å². The summed E-state index contributed by atoms with van der Waals surface area (Å²) in [6.07, 6.45) is -3.66. The average Bonchev–Trinajstić information content (AvgIpc) is 2.18. The summed E-state index contributed by atoms with van der Waals surface area (Å²) in [5.74, 6) is 0. The van der Waals surface area contributed by atoms with Crippen molar-refractivity contribution in [3.63, 3.8) is 0 Å². The van der Waals surface area contributed by atoms with Crippen molar-refractivity contribution in [1.29, 1.82) is 0 Å². The van der Waals surface area contributed by atoms with Crippen LogP contribution in [0.5, 0.6) is 0 Å². The Morgan fingerprint density at radius 3 is 2.59 bits per heavy atom. The fourth-order valence-electron chi connectivity index (χ4n) is 2.03. The van der Waals surface area contributed by atoms with Gasteiger partial charge in [-0.05, 0) is 36.6 Å². The second-order valence-electron chi connectivity index (χ2n) is 4.10. The van der Waals surface area contributed by atoms with Gasteiger partial charge in [0.25, 0.3) is 0 Å². The van der Waals surface area contributed by atoms with E-state index in [1.807, 2.05) is 0 Å². The zero-order valence-corrected chi connectivity index (χ0v) is 11.5. The number of halogens is 5. The largest absolute Gasteiger partial charge is 0.410 e. The SMILES string of the molecule is CC1(C(F)(F)F)NCCc2ccc(Br)cc21.Cl. The van der Waals surface area contributed by atoms with E-state index in [0.29, 0.717) is 23.0 Å². The molecule has 96 valence electrons. The van der Waals surface area contributed by atoms with Crippen molar-refractivity contribution in [3.8, 4) is 0 Å². The van der Waals surface area contributed by atoms with Crippen LogP contribution in [0.25, 0.3) is 0 Å². The first-order valence-electron chi connectivity index (χ1n) is 4.95. The topological polar surface area (TPSA) is 12.0 Å². The molecule has 1 heterocycles. The van der Waals surface area contributed by atoms with Crippen LogP contribution < -0.4 is 5.32 Å². The highest BCUT2D eigenvalue weighted by molar-refractivity contribution is 9.10. The molecule has 1 atom stereocenters. The highest BCUT2D eigenvalue weighted by atomic mass is 79.9. The molecular formula is C11H12BrClF3N. The molecule has 0 radical (unpaired) electrons. The van der Waals surface area contributed by atoms with Gasteiger partial charge >= 0.3 is 6.18 Å². The maximum atomic E-state index is 13.1. The molecule has 0 fully saturated rings. The van der Waals surface area contributed by atoms with E-state index in [4.69, 9.17) is 0 Å². The van der Waals surface area contributed by atoms with Crippen LogP contribution >= 0.6 is 28.3 Å². The Balaban J connectivity index is 0.00000144. The van der Waals surface area contributed by atoms with Crippen LogP contribution in [0, 0.1) is 0 Å². The summed E-state index contributed by atoms with van der Waals surface area (Å²) in [7, 11) is 0. The Morgan fingerprint density at radius 2 is 2.00 bits per heavy atom. The van der Waals surface area contributed by atoms with Crippen LogP contribution in [0.3, 0.4) is 0 Å². The molecule has 1 aliphatic rings. The second-order valence-corrected chi connectivity index (χ2v) is 5.02. The van der Waals surface area contributed by atoms with E-state index in [9.17, 15) is 13.2 Å². The Bertz CT molecular complexity index is 422. The van der Waals surface area contributed by atoms with Gasteiger partial charge in [-0.25, -0.2) is 0 Å². The number of fused-ring (bicyclic) bond motifs is 1. The molecule has 1 unspecified atom stereocenters. The molecule has 1 aliphatic heterocycles. The fraction of sp³-hybridized carbons (Fsp3) is 0.455. The smallest absolute Gasteiger partial charge is 0.300 e. The quantitative estimate of drug-likeness (QED) is 0.763. The monoisotopic (exact) mass is 329 g/mol. The van der Waals surface area contributed by atoms with Crippen molar-refractivity contribution >= 4 is 28.3 Å². The molecule has 1 nitrogen and oxygen atoms in total. The normalized spacial score (nSPS) is 23.8. The molecule has 6 heteroatoms. The lowest BCUT2D eigenvalue weighted by molar-refractivity contribution is -0.197. The van der Waals surface area contributed by atoms with Crippen LogP contribution in [0.1, 0.15) is 18.1 Å². The summed E-state index contributed by atoms with van der Waals surface area (Å²) in [4.78, 5) is 0. The van der Waals surface area contributed by atoms with Crippen LogP contribution in [-0.4, -0.2) is 12.7 Å². The van der Waals surface area contributed by atoms with Gasteiger partial charge in [-0.1, -0.05) is 22.0 Å². The number of rotatable bonds is 0. The van der Waals surface area contributed by atoms with Crippen molar-refractivity contribution < 1.29 is 13.2 Å². The molecule has 17 heavy (non-hydrogen) atoms. The van der Waals surface area contributed by atoms with E-state index < -0.39 is 11.7 Å². The first-order valence-corrected chi connectivity index (χ1v) is 5.74. The molecular weight excluding hydrogens is 318 g/mol. The molecule has 0 saturated heterocycles. The van der Waals surface area contributed by atoms with Gasteiger partial charge in [0.2, 0.25) is 0 Å². The first-order chi connectivity index (χ1) is 7.34. The summed E-state index contributed by atoms with van der Waals surface area (Å²) >= 11 is 3.21. The van der Waals surface area contributed by atoms with Gasteiger partial charge in [0.1, 0.15) is 5.54 Å². The Hall–Kier alpha value is -0.260. The minimum atomic E-state index is -4.29. The van der Waals surface area contributed by atoms with Crippen LogP contribution in [0.2, 0.25) is 0 Å². The predicted octanol–water partition coefficient (Wildman–Crippen LogP) is 3.79. The van der Waals surface area contributed by atoms with E-state index in [1.54, 1.807) is 18.2 Å². The zero-order chi connectivity index (χ0) is 12.0. The molecule has 1 N–H and O–H groups in total. The van der Waals surface area contributed by atoms with E-state index in [0.717, 1.165) is 5.56 Å². The standard InChI is InChI=1S/C11H11BrF3N.ClH/c1-10(11(13,14)15)9-6-8(12)3-2-7(9)4-5-16-10;/h2-3,6,16H,4-5H2,1H3;1H. The summed E-state index contributed by atoms with van der Waals surface area (Å²) in [5, 5.41) is 2.57. The van der Waals surface area contributed by atoms with Gasteiger partial charge in [-0.2, -0.15) is 13.2 Å². The highest BCUT2D eigenvalue weighted by Gasteiger charge is 2.53. The molecule has 0 aromatic heterocycles. The molecule has 2 rings (SSSR count). The number of hydrogen-bond donors (Lipinski definition) is 1. The van der Waals surface area contributed by atoms with Crippen molar-refractivity contribution in [1.82, 2.24) is 5.32 Å². The number of hydrogen-bond acceptors (Lipinski definition) is 1. The third-order valence-corrected chi connectivity index (χ3v) is 3.54. The van der Waals surface area contributed by atoms with Gasteiger partial charge in [0, 0.05) is 11.0 Å². The lowest BCUT2D eigenvalue weighted by Gasteiger charge is -2.38. The van der Waals surface area contributed by atoms with E-state index >= 15 is 0 Å². The van der Waals surface area contributed by atoms with Crippen LogP contribution in [0.15, 0.2) is 22.7 Å². The highest BCUT2D eigenvalue weighted by Crippen LogP contribution is 2.42. The van der Waals surface area contributed by atoms with Crippen molar-refractivity contribution in [2.24, 2.45) is 0 Å². The number of nitrogens with one attached hydrogen (secondary N) is 1. The maximum Gasteiger partial charge on any atom is 0.410 e. The minimum Gasteiger partial charge on any atom is -0.300 e. The fourth-order valence-corrected chi connectivity index (χ4v) is 2.39. The Kier molecular flexibility index (Phi) is 4.16. The molecule has 1 aromatic rings. The second kappa shape index (κ2) is 4.78. The van der Waals surface area contributed by atoms with Crippen molar-refractivity contribution in [2.45, 2.75) is 25.1 Å². The lowest BCUT2D eigenvalue weighted by Crippen LogP contribution is -2.55. The molecule has 0 amide bonds. The summed E-state index contributed by atoms with van der Waals surface area (Å²) in [5.41, 5.74) is -0.855. The molecule has 0 bridgehead atoms. The molecule has 1 aromatic carbocycles. The predicted molar refractivity (Wildman–Crippen MR) is 66.5 cm³/mol. The summed E-state index contributed by atoms with van der Waals surface area (Å²) in [6.45, 7) is 1.54. The summed E-state index contributed by atoms with van der Waals surface area (Å²) in [6, 6.07) is 5.08. The maximum absolute atomic E-state index is 13.1. The van der Waals surface area contributed by atoms with E-state index in [2.05, 4.69) is 21.2 Å². The van der Waals surface area contributed by atoms with Gasteiger partial charge in [-0.3, -0.25) is 5.32 Å². The van der Waals surface area contributed by atoms with Crippen LogP contribution in [0.4, 0.5) is 13.2 Å². The first kappa shape index (κ1) is 14.8. The number of benzene rings is 1. The van der Waals surface area contributed by atoms with E-state index in [-0.39, 0.29) is 12.4 Å². The molecule has 0 spiro atoms. The third-order valence-electron chi connectivity index (χ3n) is 3.05. The lowest BCUT2D eigenvalue weighted by atomic mass is 9.83.